The third-order valence-corrected chi connectivity index (χ3v) is 6.47. The van der Waals surface area contributed by atoms with Gasteiger partial charge in [0.05, 0.1) is 4.90 Å². The first kappa shape index (κ1) is 17.8. The first-order valence-corrected chi connectivity index (χ1v) is 10.0. The Kier molecular flexibility index (Phi) is 4.77. The zero-order chi connectivity index (χ0) is 18.9. The third kappa shape index (κ3) is 3.64. The van der Waals surface area contributed by atoms with Gasteiger partial charge in [0.1, 0.15) is 24.8 Å². The molecule has 4 rings (SSSR count). The average Bonchev–Trinajstić information content (AvgIpc) is 3.23. The van der Waals surface area contributed by atoms with Gasteiger partial charge in [-0.3, -0.25) is 0 Å². The Morgan fingerprint density at radius 3 is 2.30 bits per heavy atom. The first-order chi connectivity index (χ1) is 13.0. The summed E-state index contributed by atoms with van der Waals surface area (Å²) < 4.78 is 28.6. The van der Waals surface area contributed by atoms with Crippen LogP contribution in [0, 0.1) is 0 Å². The van der Waals surface area contributed by atoms with Crippen LogP contribution in [0.1, 0.15) is 0 Å². The molecule has 1 fully saturated rings. The number of benzene rings is 1. The fourth-order valence-electron chi connectivity index (χ4n) is 2.88. The number of nitrogens with zero attached hydrogens (tertiary/aromatic N) is 7. The van der Waals surface area contributed by atoms with Gasteiger partial charge in [-0.1, -0.05) is 11.6 Å². The molecule has 3 aromatic rings. The Morgan fingerprint density at radius 1 is 0.926 bits per heavy atom. The highest BCUT2D eigenvalue weighted by Gasteiger charge is 2.29. The van der Waals surface area contributed by atoms with Crippen molar-refractivity contribution in [1.82, 2.24) is 29.0 Å². The predicted octanol–water partition coefficient (Wildman–Crippen LogP) is 1.22. The molecule has 27 heavy (non-hydrogen) atoms. The van der Waals surface area contributed by atoms with Gasteiger partial charge in [0, 0.05) is 37.3 Å². The maximum absolute atomic E-state index is 12.8. The standard InChI is InChI=1S/C16H16ClN7O2S/c17-13-1-3-14(4-2-13)27(25,26)23-7-5-22(6-8-23)15-9-16(20-11-19-15)24-12-18-10-21-24/h1-4,9-12H,5-8H2. The van der Waals surface area contributed by atoms with Gasteiger partial charge in [0.2, 0.25) is 10.0 Å². The fraction of sp³-hybridized carbons (Fsp3) is 0.250. The summed E-state index contributed by atoms with van der Waals surface area (Å²) in [6, 6.07) is 8.02. The maximum Gasteiger partial charge on any atom is 0.243 e. The number of sulfonamides is 1. The first-order valence-electron chi connectivity index (χ1n) is 8.22. The lowest BCUT2D eigenvalue weighted by molar-refractivity contribution is 0.383. The van der Waals surface area contributed by atoms with Crippen LogP contribution in [0.25, 0.3) is 5.82 Å². The van der Waals surface area contributed by atoms with E-state index in [1.807, 2.05) is 4.90 Å². The molecule has 0 radical (unpaired) electrons. The van der Waals surface area contributed by atoms with Crippen LogP contribution >= 0.6 is 11.6 Å². The monoisotopic (exact) mass is 405 g/mol. The summed E-state index contributed by atoms with van der Waals surface area (Å²) in [4.78, 5) is 14.7. The van der Waals surface area contributed by atoms with Gasteiger partial charge in [-0.05, 0) is 24.3 Å². The summed E-state index contributed by atoms with van der Waals surface area (Å²) in [5.74, 6) is 1.33. The van der Waals surface area contributed by atoms with Crippen molar-refractivity contribution in [3.63, 3.8) is 0 Å². The van der Waals surface area contributed by atoms with Crippen molar-refractivity contribution in [3.8, 4) is 5.82 Å². The van der Waals surface area contributed by atoms with E-state index in [0.29, 0.717) is 37.0 Å². The molecule has 0 amide bonds. The largest absolute Gasteiger partial charge is 0.354 e. The van der Waals surface area contributed by atoms with E-state index in [9.17, 15) is 8.42 Å². The number of rotatable bonds is 4. The smallest absolute Gasteiger partial charge is 0.243 e. The number of aromatic nitrogens is 5. The summed E-state index contributed by atoms with van der Waals surface area (Å²) >= 11 is 5.85. The fourth-order valence-corrected chi connectivity index (χ4v) is 4.42. The van der Waals surface area contributed by atoms with Crippen molar-refractivity contribution in [3.05, 3.63) is 54.3 Å². The van der Waals surface area contributed by atoms with Gasteiger partial charge in [-0.15, -0.1) is 0 Å². The summed E-state index contributed by atoms with van der Waals surface area (Å²) in [7, 11) is -3.54. The second kappa shape index (κ2) is 7.22. The minimum atomic E-state index is -3.54. The topological polar surface area (TPSA) is 97.1 Å². The quantitative estimate of drug-likeness (QED) is 0.643. The van der Waals surface area contributed by atoms with Gasteiger partial charge in [0.15, 0.2) is 5.82 Å². The normalized spacial score (nSPS) is 15.8. The van der Waals surface area contributed by atoms with E-state index >= 15 is 0 Å². The molecule has 1 aromatic carbocycles. The molecule has 0 bridgehead atoms. The third-order valence-electron chi connectivity index (χ3n) is 4.31. The molecule has 0 N–H and O–H groups in total. The Bertz CT molecular complexity index is 1020. The molecule has 1 saturated heterocycles. The second-order valence-corrected chi connectivity index (χ2v) is 8.29. The van der Waals surface area contributed by atoms with Crippen molar-refractivity contribution in [2.75, 3.05) is 31.1 Å². The summed E-state index contributed by atoms with van der Waals surface area (Å²) in [5, 5.41) is 4.56. The lowest BCUT2D eigenvalue weighted by Gasteiger charge is -2.34. The second-order valence-electron chi connectivity index (χ2n) is 5.92. The van der Waals surface area contributed by atoms with E-state index in [4.69, 9.17) is 11.6 Å². The zero-order valence-electron chi connectivity index (χ0n) is 14.2. The Hall–Kier alpha value is -2.56. The van der Waals surface area contributed by atoms with Crippen LogP contribution in [0.2, 0.25) is 5.02 Å². The lowest BCUT2D eigenvalue weighted by Crippen LogP contribution is -2.48. The Labute approximate surface area is 161 Å². The Balaban J connectivity index is 1.48. The van der Waals surface area contributed by atoms with Crippen molar-refractivity contribution in [1.29, 1.82) is 0 Å². The molecule has 0 saturated carbocycles. The highest BCUT2D eigenvalue weighted by molar-refractivity contribution is 7.89. The van der Waals surface area contributed by atoms with Crippen molar-refractivity contribution < 1.29 is 8.42 Å². The van der Waals surface area contributed by atoms with E-state index in [2.05, 4.69) is 20.1 Å². The van der Waals surface area contributed by atoms with Crippen LogP contribution < -0.4 is 4.90 Å². The molecule has 140 valence electrons. The van der Waals surface area contributed by atoms with Crippen LogP contribution in [0.3, 0.4) is 0 Å². The molecule has 0 unspecified atom stereocenters. The number of hydrogen-bond donors (Lipinski definition) is 0. The highest BCUT2D eigenvalue weighted by Crippen LogP contribution is 2.22. The minimum absolute atomic E-state index is 0.246. The summed E-state index contributed by atoms with van der Waals surface area (Å²) in [6.45, 7) is 1.79. The number of halogens is 1. The molecule has 1 aliphatic heterocycles. The van der Waals surface area contributed by atoms with Crippen LogP contribution in [-0.4, -0.2) is 63.6 Å². The average molecular weight is 406 g/mol. The SMILES string of the molecule is O=S(=O)(c1ccc(Cl)cc1)N1CCN(c2cc(-n3cncn3)ncn2)CC1. The summed E-state index contributed by atoms with van der Waals surface area (Å²) in [6.07, 6.45) is 4.45. The van der Waals surface area contributed by atoms with Crippen molar-refractivity contribution in [2.45, 2.75) is 4.90 Å². The lowest BCUT2D eigenvalue weighted by atomic mass is 10.3. The summed E-state index contributed by atoms with van der Waals surface area (Å²) in [5.41, 5.74) is 0. The number of anilines is 1. The molecule has 2 aromatic heterocycles. The van der Waals surface area contributed by atoms with Gasteiger partial charge >= 0.3 is 0 Å². The van der Waals surface area contributed by atoms with E-state index < -0.39 is 10.0 Å². The highest BCUT2D eigenvalue weighted by atomic mass is 35.5. The van der Waals surface area contributed by atoms with Gasteiger partial charge in [-0.2, -0.15) is 9.40 Å². The molecule has 0 spiro atoms. The van der Waals surface area contributed by atoms with E-state index in [-0.39, 0.29) is 4.90 Å². The minimum Gasteiger partial charge on any atom is -0.354 e. The molecule has 3 heterocycles. The van der Waals surface area contributed by atoms with Crippen molar-refractivity contribution in [2.24, 2.45) is 0 Å². The molecule has 0 aliphatic carbocycles. The molecule has 11 heteroatoms. The van der Waals surface area contributed by atoms with Gasteiger partial charge in [-0.25, -0.2) is 28.1 Å². The van der Waals surface area contributed by atoms with Gasteiger partial charge in [0.25, 0.3) is 0 Å². The van der Waals surface area contributed by atoms with E-state index in [1.165, 1.54) is 29.1 Å². The van der Waals surface area contributed by atoms with Crippen molar-refractivity contribution >= 4 is 27.4 Å². The predicted molar refractivity (Wildman–Crippen MR) is 99.4 cm³/mol. The van der Waals surface area contributed by atoms with E-state index in [0.717, 1.165) is 5.82 Å². The molecule has 1 aliphatic rings. The van der Waals surface area contributed by atoms with Gasteiger partial charge < -0.3 is 4.90 Å². The Morgan fingerprint density at radius 2 is 1.63 bits per heavy atom. The zero-order valence-corrected chi connectivity index (χ0v) is 15.8. The molecule has 9 nitrogen and oxygen atoms in total. The molecule has 0 atom stereocenters. The number of piperazine rings is 1. The maximum atomic E-state index is 12.8. The van der Waals surface area contributed by atoms with Crippen LogP contribution in [0.5, 0.6) is 0 Å². The molecular weight excluding hydrogens is 390 g/mol. The van der Waals surface area contributed by atoms with Crippen LogP contribution in [-0.2, 0) is 10.0 Å². The van der Waals surface area contributed by atoms with Crippen LogP contribution in [0.15, 0.2) is 54.2 Å². The molecular formula is C16H16ClN7O2S. The van der Waals surface area contributed by atoms with Crippen LogP contribution in [0.4, 0.5) is 5.82 Å². The van der Waals surface area contributed by atoms with E-state index in [1.54, 1.807) is 29.2 Å². The number of hydrogen-bond acceptors (Lipinski definition) is 7.